The molecular weight excluding hydrogens is 259 g/mol. The Hall–Kier alpha value is -0.0400. The molecule has 1 heterocycles. The van der Waals surface area contributed by atoms with Gasteiger partial charge in [-0.1, -0.05) is 0 Å². The molecule has 0 unspecified atom stereocenters. The van der Waals surface area contributed by atoms with Crippen molar-refractivity contribution in [2.75, 3.05) is 33.3 Å². The third kappa shape index (κ3) is 2.48. The third-order valence-corrected chi connectivity index (χ3v) is 2.62. The Bertz CT molecular complexity index is 146. The number of halogens is 1. The molecule has 0 aromatic carbocycles. The van der Waals surface area contributed by atoms with Crippen LogP contribution in [0.3, 0.4) is 0 Å². The molecule has 0 atom stereocenters. The molecule has 4 nitrogen and oxygen atoms in total. The molecule has 0 radical (unpaired) electrons. The van der Waals surface area contributed by atoms with Gasteiger partial charge in [-0.15, -0.1) is 0 Å². The SMILES string of the molecule is COC(=O)N1CCN(I)CC1. The van der Waals surface area contributed by atoms with Crippen molar-refractivity contribution >= 4 is 29.0 Å². The number of amides is 1. The van der Waals surface area contributed by atoms with E-state index in [0.717, 1.165) is 26.2 Å². The number of rotatable bonds is 0. The normalized spacial score (nSPS) is 20.0. The van der Waals surface area contributed by atoms with Crippen molar-refractivity contribution < 1.29 is 9.53 Å². The zero-order valence-electron chi connectivity index (χ0n) is 6.42. The van der Waals surface area contributed by atoms with Gasteiger partial charge in [-0.05, 0) is 0 Å². The van der Waals surface area contributed by atoms with Crippen LogP contribution in [0, 0.1) is 0 Å². The van der Waals surface area contributed by atoms with Gasteiger partial charge in [-0.3, -0.25) is 0 Å². The van der Waals surface area contributed by atoms with Crippen molar-refractivity contribution in [3.63, 3.8) is 0 Å². The molecule has 1 aliphatic rings. The molecule has 0 aliphatic carbocycles. The fraction of sp³-hybridized carbons (Fsp3) is 0.833. The highest BCUT2D eigenvalue weighted by Gasteiger charge is 2.19. The van der Waals surface area contributed by atoms with E-state index in [-0.39, 0.29) is 6.09 Å². The van der Waals surface area contributed by atoms with Crippen LogP contribution in [0.2, 0.25) is 0 Å². The lowest BCUT2D eigenvalue weighted by Crippen LogP contribution is -2.45. The number of hydrogen-bond donors (Lipinski definition) is 0. The van der Waals surface area contributed by atoms with E-state index in [1.54, 1.807) is 4.90 Å². The molecule has 0 bridgehead atoms. The number of piperazine rings is 1. The summed E-state index contributed by atoms with van der Waals surface area (Å²) in [6.07, 6.45) is -0.213. The second-order valence-corrected chi connectivity index (χ2v) is 3.73. The van der Waals surface area contributed by atoms with Crippen molar-refractivity contribution in [3.8, 4) is 0 Å². The zero-order valence-corrected chi connectivity index (χ0v) is 8.57. The summed E-state index contributed by atoms with van der Waals surface area (Å²) in [5.74, 6) is 0. The van der Waals surface area contributed by atoms with Crippen LogP contribution >= 0.6 is 22.9 Å². The Morgan fingerprint density at radius 1 is 1.36 bits per heavy atom. The van der Waals surface area contributed by atoms with Crippen molar-refractivity contribution in [2.45, 2.75) is 0 Å². The van der Waals surface area contributed by atoms with Crippen LogP contribution in [-0.4, -0.2) is 47.4 Å². The predicted molar refractivity (Wildman–Crippen MR) is 49.6 cm³/mol. The van der Waals surface area contributed by atoms with Crippen molar-refractivity contribution in [1.29, 1.82) is 0 Å². The molecule has 0 spiro atoms. The second kappa shape index (κ2) is 4.10. The van der Waals surface area contributed by atoms with Gasteiger partial charge in [0.25, 0.3) is 0 Å². The average Bonchev–Trinajstić information content (AvgIpc) is 2.05. The van der Waals surface area contributed by atoms with E-state index in [9.17, 15) is 4.79 Å². The lowest BCUT2D eigenvalue weighted by Gasteiger charge is -2.29. The van der Waals surface area contributed by atoms with E-state index in [4.69, 9.17) is 0 Å². The van der Waals surface area contributed by atoms with Crippen LogP contribution < -0.4 is 0 Å². The lowest BCUT2D eigenvalue weighted by molar-refractivity contribution is 0.111. The van der Waals surface area contributed by atoms with Gasteiger partial charge < -0.3 is 9.64 Å². The van der Waals surface area contributed by atoms with Crippen molar-refractivity contribution in [1.82, 2.24) is 8.01 Å². The zero-order chi connectivity index (χ0) is 8.27. The molecule has 1 amide bonds. The Morgan fingerprint density at radius 3 is 2.36 bits per heavy atom. The Balaban J connectivity index is 2.33. The van der Waals surface area contributed by atoms with Gasteiger partial charge in [0.2, 0.25) is 0 Å². The first-order valence-electron chi connectivity index (χ1n) is 3.47. The minimum atomic E-state index is -0.213. The first-order valence-corrected chi connectivity index (χ1v) is 4.44. The van der Waals surface area contributed by atoms with Crippen LogP contribution in [0.5, 0.6) is 0 Å². The summed E-state index contributed by atoms with van der Waals surface area (Å²) in [6, 6.07) is 0. The summed E-state index contributed by atoms with van der Waals surface area (Å²) in [7, 11) is 1.42. The second-order valence-electron chi connectivity index (χ2n) is 2.37. The molecule has 0 aromatic heterocycles. The number of nitrogens with zero attached hydrogens (tertiary/aromatic N) is 2. The van der Waals surface area contributed by atoms with Crippen molar-refractivity contribution in [2.24, 2.45) is 0 Å². The topological polar surface area (TPSA) is 32.8 Å². The summed E-state index contributed by atoms with van der Waals surface area (Å²) in [5.41, 5.74) is 0. The number of carbonyl (C=O) groups excluding carboxylic acids is 1. The molecule has 1 aliphatic heterocycles. The van der Waals surface area contributed by atoms with E-state index in [0.29, 0.717) is 0 Å². The van der Waals surface area contributed by atoms with Crippen LogP contribution in [0.15, 0.2) is 0 Å². The largest absolute Gasteiger partial charge is 0.453 e. The minimum Gasteiger partial charge on any atom is -0.453 e. The van der Waals surface area contributed by atoms with E-state index >= 15 is 0 Å². The molecule has 0 aromatic rings. The summed E-state index contributed by atoms with van der Waals surface area (Å²) >= 11 is 2.26. The fourth-order valence-electron chi connectivity index (χ4n) is 0.994. The van der Waals surface area contributed by atoms with Crippen molar-refractivity contribution in [3.05, 3.63) is 0 Å². The van der Waals surface area contributed by atoms with Crippen LogP contribution in [-0.2, 0) is 4.74 Å². The van der Waals surface area contributed by atoms with E-state index in [2.05, 4.69) is 30.7 Å². The summed E-state index contributed by atoms with van der Waals surface area (Å²) in [6.45, 7) is 3.40. The molecule has 1 rings (SSSR count). The first kappa shape index (κ1) is 9.05. The Kier molecular flexibility index (Phi) is 3.38. The number of methoxy groups -OCH3 is 1. The molecule has 5 heteroatoms. The maximum atomic E-state index is 11.0. The standard InChI is InChI=1S/C6H11IN2O2/c1-11-6(10)8-2-4-9(7)5-3-8/h2-5H2,1H3. The lowest BCUT2D eigenvalue weighted by atomic mass is 10.4. The molecule has 0 N–H and O–H groups in total. The van der Waals surface area contributed by atoms with Gasteiger partial charge >= 0.3 is 6.09 Å². The average molecular weight is 270 g/mol. The summed E-state index contributed by atoms with van der Waals surface area (Å²) in [5, 5.41) is 0. The van der Waals surface area contributed by atoms with Crippen LogP contribution in [0.4, 0.5) is 4.79 Å². The van der Waals surface area contributed by atoms with E-state index in [1.165, 1.54) is 7.11 Å². The van der Waals surface area contributed by atoms with Gasteiger partial charge in [0.05, 0.1) is 7.11 Å². The highest BCUT2D eigenvalue weighted by molar-refractivity contribution is 14.1. The minimum absolute atomic E-state index is 0.213. The quantitative estimate of drug-likeness (QED) is 0.480. The maximum Gasteiger partial charge on any atom is 0.409 e. The molecule has 1 saturated heterocycles. The highest BCUT2D eigenvalue weighted by atomic mass is 127. The number of carbonyl (C=O) groups is 1. The van der Waals surface area contributed by atoms with Gasteiger partial charge in [0, 0.05) is 49.0 Å². The van der Waals surface area contributed by atoms with Crippen LogP contribution in [0.1, 0.15) is 0 Å². The van der Waals surface area contributed by atoms with Gasteiger partial charge in [-0.2, -0.15) is 0 Å². The highest BCUT2D eigenvalue weighted by Crippen LogP contribution is 2.06. The van der Waals surface area contributed by atoms with Gasteiger partial charge in [0.1, 0.15) is 0 Å². The van der Waals surface area contributed by atoms with E-state index in [1.807, 2.05) is 0 Å². The Labute approximate surface area is 80.0 Å². The molecule has 1 fully saturated rings. The maximum absolute atomic E-state index is 11.0. The number of ether oxygens (including phenoxy) is 1. The monoisotopic (exact) mass is 270 g/mol. The summed E-state index contributed by atoms with van der Waals surface area (Å²) in [4.78, 5) is 12.7. The van der Waals surface area contributed by atoms with Gasteiger partial charge in [-0.25, -0.2) is 7.91 Å². The first-order chi connectivity index (χ1) is 5.24. The molecule has 11 heavy (non-hydrogen) atoms. The molecular formula is C6H11IN2O2. The predicted octanol–water partition coefficient (Wildman–Crippen LogP) is 0.720. The van der Waals surface area contributed by atoms with Crippen LogP contribution in [0.25, 0.3) is 0 Å². The third-order valence-electron chi connectivity index (χ3n) is 1.66. The van der Waals surface area contributed by atoms with Gasteiger partial charge in [0.15, 0.2) is 0 Å². The molecule has 0 saturated carbocycles. The van der Waals surface area contributed by atoms with E-state index < -0.39 is 0 Å². The summed E-state index contributed by atoms with van der Waals surface area (Å²) < 4.78 is 6.75. The fourth-order valence-corrected chi connectivity index (χ4v) is 1.43. The smallest absolute Gasteiger partial charge is 0.409 e. The molecule has 64 valence electrons. The number of hydrogen-bond acceptors (Lipinski definition) is 3. The Morgan fingerprint density at radius 2 is 1.91 bits per heavy atom.